The van der Waals surface area contributed by atoms with E-state index in [1.54, 1.807) is 0 Å². The fourth-order valence-electron chi connectivity index (χ4n) is 1.98. The maximum absolute atomic E-state index is 11.2. The Bertz CT molecular complexity index is 548. The first kappa shape index (κ1) is 12.4. The highest BCUT2D eigenvalue weighted by molar-refractivity contribution is 5.86. The van der Waals surface area contributed by atoms with E-state index in [2.05, 4.69) is 10.1 Å². The predicted octanol–water partition coefficient (Wildman–Crippen LogP) is 2.23. The number of rotatable bonds is 3. The highest BCUT2D eigenvalue weighted by Gasteiger charge is 2.15. The van der Waals surface area contributed by atoms with E-state index in [1.807, 2.05) is 42.5 Å². The molecule has 18 heavy (non-hydrogen) atoms. The Morgan fingerprint density at radius 2 is 2.00 bits per heavy atom. The number of carbonyl (C=O) groups is 1. The Morgan fingerprint density at radius 1 is 1.28 bits per heavy atom. The van der Waals surface area contributed by atoms with Crippen LogP contribution < -0.4 is 5.32 Å². The summed E-state index contributed by atoms with van der Waals surface area (Å²) in [5.41, 5.74) is 0.876. The van der Waals surface area contributed by atoms with Crippen LogP contribution in [0.5, 0.6) is 0 Å². The Hall–Kier alpha value is -2.07. The molecule has 0 spiro atoms. The Morgan fingerprint density at radius 3 is 2.72 bits per heavy atom. The molecule has 0 radical (unpaired) electrons. The molecule has 0 aromatic heterocycles. The fraction of sp³-hybridized carbons (Fsp3) is 0.214. The number of aliphatic hydroxyl groups excluding tert-OH is 1. The predicted molar refractivity (Wildman–Crippen MR) is 69.3 cm³/mol. The van der Waals surface area contributed by atoms with E-state index >= 15 is 0 Å². The molecule has 2 aromatic carbocycles. The van der Waals surface area contributed by atoms with Crippen LogP contribution in [0.1, 0.15) is 11.6 Å². The first-order valence-electron chi connectivity index (χ1n) is 5.69. The lowest BCUT2D eigenvalue weighted by Crippen LogP contribution is -2.30. The van der Waals surface area contributed by atoms with Crippen LogP contribution >= 0.6 is 0 Å². The molecule has 2 aromatic rings. The molecule has 0 heterocycles. The number of fused-ring (bicyclic) bond motifs is 1. The smallest absolute Gasteiger partial charge is 0.407 e. The Balaban J connectivity index is 2.41. The normalized spacial score (nSPS) is 12.1. The maximum Gasteiger partial charge on any atom is 0.407 e. The van der Waals surface area contributed by atoms with Gasteiger partial charge in [-0.1, -0.05) is 42.5 Å². The van der Waals surface area contributed by atoms with Crippen LogP contribution in [0, 0.1) is 0 Å². The lowest BCUT2D eigenvalue weighted by Gasteiger charge is -2.17. The Labute approximate surface area is 105 Å². The van der Waals surface area contributed by atoms with E-state index in [-0.39, 0.29) is 6.61 Å². The van der Waals surface area contributed by atoms with Gasteiger partial charge in [-0.05, 0) is 16.3 Å². The lowest BCUT2D eigenvalue weighted by atomic mass is 9.99. The molecule has 1 atom stereocenters. The monoisotopic (exact) mass is 245 g/mol. The second kappa shape index (κ2) is 5.51. The molecular formula is C14H15NO3. The van der Waals surface area contributed by atoms with Crippen LogP contribution in [-0.2, 0) is 4.74 Å². The standard InChI is InChI=1S/C14H15NO3/c1-18-14(17)15-13(9-16)12-8-4-6-10-5-2-3-7-11(10)12/h2-8,13,16H,9H2,1H3,(H,15,17)/t13-/m0/s1. The van der Waals surface area contributed by atoms with Crippen molar-refractivity contribution in [3.63, 3.8) is 0 Å². The highest BCUT2D eigenvalue weighted by Crippen LogP contribution is 2.24. The molecule has 0 aliphatic carbocycles. The molecular weight excluding hydrogens is 230 g/mol. The first-order chi connectivity index (χ1) is 8.76. The van der Waals surface area contributed by atoms with Gasteiger partial charge in [-0.25, -0.2) is 4.79 Å². The number of ether oxygens (including phenoxy) is 1. The zero-order chi connectivity index (χ0) is 13.0. The molecule has 0 aliphatic heterocycles. The van der Waals surface area contributed by atoms with Gasteiger partial charge in [-0.15, -0.1) is 0 Å². The van der Waals surface area contributed by atoms with Gasteiger partial charge in [-0.2, -0.15) is 0 Å². The van der Waals surface area contributed by atoms with Gasteiger partial charge in [0.25, 0.3) is 0 Å². The molecule has 0 fully saturated rings. The van der Waals surface area contributed by atoms with Gasteiger partial charge in [-0.3, -0.25) is 0 Å². The van der Waals surface area contributed by atoms with E-state index < -0.39 is 12.1 Å². The van der Waals surface area contributed by atoms with Gasteiger partial charge < -0.3 is 15.2 Å². The summed E-state index contributed by atoms with van der Waals surface area (Å²) in [7, 11) is 1.30. The Kier molecular flexibility index (Phi) is 3.79. The van der Waals surface area contributed by atoms with Gasteiger partial charge >= 0.3 is 6.09 Å². The highest BCUT2D eigenvalue weighted by atomic mass is 16.5. The number of aliphatic hydroxyl groups is 1. The van der Waals surface area contributed by atoms with Crippen LogP contribution in [0.4, 0.5) is 4.79 Å². The molecule has 0 aliphatic rings. The number of alkyl carbamates (subject to hydrolysis) is 1. The molecule has 94 valence electrons. The topological polar surface area (TPSA) is 58.6 Å². The van der Waals surface area contributed by atoms with Crippen molar-refractivity contribution in [2.45, 2.75) is 6.04 Å². The van der Waals surface area contributed by atoms with Gasteiger partial charge in [0.05, 0.1) is 19.8 Å². The van der Waals surface area contributed by atoms with Crippen molar-refractivity contribution in [3.05, 3.63) is 48.0 Å². The SMILES string of the molecule is COC(=O)N[C@@H](CO)c1cccc2ccccc12. The van der Waals surface area contributed by atoms with Crippen molar-refractivity contribution in [2.24, 2.45) is 0 Å². The number of hydrogen-bond acceptors (Lipinski definition) is 3. The molecule has 4 nitrogen and oxygen atoms in total. The summed E-state index contributed by atoms with van der Waals surface area (Å²) in [5.74, 6) is 0. The summed E-state index contributed by atoms with van der Waals surface area (Å²) in [5, 5.41) is 14.1. The van der Waals surface area contributed by atoms with E-state index in [1.165, 1.54) is 7.11 Å². The molecule has 0 saturated heterocycles. The van der Waals surface area contributed by atoms with Crippen molar-refractivity contribution >= 4 is 16.9 Å². The van der Waals surface area contributed by atoms with Crippen molar-refractivity contribution in [1.82, 2.24) is 5.32 Å². The minimum atomic E-state index is -0.554. The number of hydrogen-bond donors (Lipinski definition) is 2. The maximum atomic E-state index is 11.2. The summed E-state index contributed by atoms with van der Waals surface area (Å²) in [6.07, 6.45) is -0.554. The molecule has 0 bridgehead atoms. The van der Waals surface area contributed by atoms with E-state index in [9.17, 15) is 9.90 Å². The molecule has 0 unspecified atom stereocenters. The third-order valence-electron chi connectivity index (χ3n) is 2.86. The lowest BCUT2D eigenvalue weighted by molar-refractivity contribution is 0.157. The number of nitrogens with one attached hydrogen (secondary N) is 1. The van der Waals surface area contributed by atoms with Crippen molar-refractivity contribution in [1.29, 1.82) is 0 Å². The summed E-state index contributed by atoms with van der Waals surface area (Å²) < 4.78 is 4.55. The van der Waals surface area contributed by atoms with Crippen molar-refractivity contribution < 1.29 is 14.6 Å². The van der Waals surface area contributed by atoms with Crippen LogP contribution in [-0.4, -0.2) is 24.9 Å². The van der Waals surface area contributed by atoms with Crippen LogP contribution in [0.2, 0.25) is 0 Å². The van der Waals surface area contributed by atoms with Gasteiger partial charge in [0.1, 0.15) is 0 Å². The van der Waals surface area contributed by atoms with Gasteiger partial charge in [0.2, 0.25) is 0 Å². The molecule has 4 heteroatoms. The van der Waals surface area contributed by atoms with Crippen molar-refractivity contribution in [2.75, 3.05) is 13.7 Å². The average Bonchev–Trinajstić information content (AvgIpc) is 2.44. The number of methoxy groups -OCH3 is 1. The summed E-state index contributed by atoms with van der Waals surface area (Å²) >= 11 is 0. The molecule has 2 N–H and O–H groups in total. The van der Waals surface area contributed by atoms with E-state index in [4.69, 9.17) is 0 Å². The molecule has 2 rings (SSSR count). The first-order valence-corrected chi connectivity index (χ1v) is 5.69. The third-order valence-corrected chi connectivity index (χ3v) is 2.86. The fourth-order valence-corrected chi connectivity index (χ4v) is 1.98. The second-order valence-corrected chi connectivity index (χ2v) is 3.94. The van der Waals surface area contributed by atoms with Gasteiger partial charge in [0.15, 0.2) is 0 Å². The summed E-state index contributed by atoms with van der Waals surface area (Å²) in [4.78, 5) is 11.2. The summed E-state index contributed by atoms with van der Waals surface area (Å²) in [6.45, 7) is -0.177. The van der Waals surface area contributed by atoms with Crippen LogP contribution in [0.25, 0.3) is 10.8 Å². The second-order valence-electron chi connectivity index (χ2n) is 3.94. The molecule has 0 saturated carbocycles. The van der Waals surface area contributed by atoms with E-state index in [0.29, 0.717) is 0 Å². The third kappa shape index (κ3) is 2.43. The van der Waals surface area contributed by atoms with Crippen LogP contribution in [0.15, 0.2) is 42.5 Å². The number of carbonyl (C=O) groups excluding carboxylic acids is 1. The minimum absolute atomic E-state index is 0.177. The largest absolute Gasteiger partial charge is 0.453 e. The van der Waals surface area contributed by atoms with E-state index in [0.717, 1.165) is 16.3 Å². The zero-order valence-electron chi connectivity index (χ0n) is 10.1. The summed E-state index contributed by atoms with van der Waals surface area (Å²) in [6, 6.07) is 13.1. The number of benzene rings is 2. The van der Waals surface area contributed by atoms with Crippen molar-refractivity contribution in [3.8, 4) is 0 Å². The average molecular weight is 245 g/mol. The van der Waals surface area contributed by atoms with Crippen LogP contribution in [0.3, 0.4) is 0 Å². The molecule has 1 amide bonds. The quantitative estimate of drug-likeness (QED) is 0.871. The minimum Gasteiger partial charge on any atom is -0.453 e. The van der Waals surface area contributed by atoms with Gasteiger partial charge in [0, 0.05) is 0 Å². The number of amides is 1. The zero-order valence-corrected chi connectivity index (χ0v) is 10.1.